The molecule has 0 unspecified atom stereocenters. The highest BCUT2D eigenvalue weighted by molar-refractivity contribution is 5.88. The van der Waals surface area contributed by atoms with Crippen LogP contribution in [0, 0.1) is 0 Å². The number of carboxylic acids is 1. The van der Waals surface area contributed by atoms with Crippen LogP contribution in [-0.4, -0.2) is 39.3 Å². The summed E-state index contributed by atoms with van der Waals surface area (Å²) in [5.74, 6) is -1.94. The van der Waals surface area contributed by atoms with Crippen LogP contribution < -0.4 is 5.32 Å². The van der Waals surface area contributed by atoms with Gasteiger partial charge in [-0.25, -0.2) is 14.8 Å². The lowest BCUT2D eigenvalue weighted by Crippen LogP contribution is -2.31. The average Bonchev–Trinajstić information content (AvgIpc) is 2.99. The molecule has 0 radical (unpaired) electrons. The van der Waals surface area contributed by atoms with Crippen LogP contribution in [0.5, 0.6) is 0 Å². The second-order valence-electron chi connectivity index (χ2n) is 5.12. The summed E-state index contributed by atoms with van der Waals surface area (Å²) >= 11 is 0. The van der Waals surface area contributed by atoms with Crippen LogP contribution in [0.4, 0.5) is 19.1 Å². The molecule has 1 aromatic rings. The van der Waals surface area contributed by atoms with Crippen LogP contribution in [0.2, 0.25) is 0 Å². The Hall–Kier alpha value is -1.90. The zero-order valence-corrected chi connectivity index (χ0v) is 10.7. The van der Waals surface area contributed by atoms with Crippen LogP contribution in [0.3, 0.4) is 0 Å². The summed E-state index contributed by atoms with van der Waals surface area (Å²) in [4.78, 5) is 17.8. The predicted molar refractivity (Wildman–Crippen MR) is 63.9 cm³/mol. The van der Waals surface area contributed by atoms with Crippen molar-refractivity contribution in [2.45, 2.75) is 43.7 Å². The number of hydrogen-bond acceptors (Lipinski definition) is 5. The first-order chi connectivity index (χ1) is 9.84. The van der Waals surface area contributed by atoms with Gasteiger partial charge in [0.25, 0.3) is 0 Å². The molecule has 2 bridgehead atoms. The van der Waals surface area contributed by atoms with Crippen molar-refractivity contribution < 1.29 is 27.8 Å². The summed E-state index contributed by atoms with van der Waals surface area (Å²) in [6, 6.07) is -0.138. The maximum absolute atomic E-state index is 12.8. The van der Waals surface area contributed by atoms with Gasteiger partial charge in [0.1, 0.15) is 5.56 Å². The fraction of sp³-hybridized carbons (Fsp3) is 0.583. The van der Waals surface area contributed by atoms with Crippen molar-refractivity contribution in [1.29, 1.82) is 0 Å². The van der Waals surface area contributed by atoms with Gasteiger partial charge in [0.15, 0.2) is 5.69 Å². The highest BCUT2D eigenvalue weighted by Gasteiger charge is 2.42. The van der Waals surface area contributed by atoms with Gasteiger partial charge in [0, 0.05) is 6.20 Å². The topological polar surface area (TPSA) is 84.3 Å². The molecule has 3 rings (SSSR count). The summed E-state index contributed by atoms with van der Waals surface area (Å²) in [6.45, 7) is 0. The number of nitrogens with zero attached hydrogens (tertiary/aromatic N) is 2. The van der Waals surface area contributed by atoms with Gasteiger partial charge in [0.2, 0.25) is 5.95 Å². The van der Waals surface area contributed by atoms with E-state index in [0.717, 1.165) is 12.8 Å². The summed E-state index contributed by atoms with van der Waals surface area (Å²) in [5.41, 5.74) is -2.41. The highest BCUT2D eigenvalue weighted by Crippen LogP contribution is 2.36. The first-order valence-corrected chi connectivity index (χ1v) is 6.44. The molecule has 2 saturated heterocycles. The Bertz CT molecular complexity index is 579. The molecule has 2 fully saturated rings. The van der Waals surface area contributed by atoms with E-state index in [1.165, 1.54) is 0 Å². The third kappa shape index (κ3) is 2.65. The molecule has 3 atom stereocenters. The summed E-state index contributed by atoms with van der Waals surface area (Å²) < 4.78 is 44.1. The standard InChI is InChI=1S/C12H12F3N3O3/c13-12(14,15)9-6(10(19)20)4-16-11(18-9)17-7-3-5-1-2-8(7)21-5/h4-5,7-8H,1-3H2,(H,19,20)(H,16,17,18)/t5-,7-,8+/m0/s1. The number of anilines is 1. The number of halogens is 3. The number of rotatable bonds is 3. The Kier molecular flexibility index (Phi) is 3.23. The van der Waals surface area contributed by atoms with Gasteiger partial charge in [-0.15, -0.1) is 0 Å². The fourth-order valence-electron chi connectivity index (χ4n) is 2.78. The lowest BCUT2D eigenvalue weighted by Gasteiger charge is -2.20. The lowest BCUT2D eigenvalue weighted by molar-refractivity contribution is -0.141. The molecular formula is C12H12F3N3O3. The Morgan fingerprint density at radius 2 is 2.19 bits per heavy atom. The van der Waals surface area contributed by atoms with Gasteiger partial charge in [-0.05, 0) is 19.3 Å². The van der Waals surface area contributed by atoms with Crippen molar-refractivity contribution in [1.82, 2.24) is 9.97 Å². The monoisotopic (exact) mass is 303 g/mol. The molecule has 1 aromatic heterocycles. The predicted octanol–water partition coefficient (Wildman–Crippen LogP) is 1.93. The molecule has 0 spiro atoms. The second kappa shape index (κ2) is 4.83. The first kappa shape index (κ1) is 14.1. The molecule has 0 saturated carbocycles. The van der Waals surface area contributed by atoms with Crippen molar-refractivity contribution in [2.24, 2.45) is 0 Å². The molecule has 2 aliphatic rings. The van der Waals surface area contributed by atoms with Crippen molar-refractivity contribution >= 4 is 11.9 Å². The van der Waals surface area contributed by atoms with Gasteiger partial charge < -0.3 is 15.2 Å². The highest BCUT2D eigenvalue weighted by atomic mass is 19.4. The van der Waals surface area contributed by atoms with E-state index in [2.05, 4.69) is 15.3 Å². The maximum atomic E-state index is 12.8. The number of fused-ring (bicyclic) bond motifs is 2. The average molecular weight is 303 g/mol. The van der Waals surface area contributed by atoms with Crippen LogP contribution in [-0.2, 0) is 10.9 Å². The fourth-order valence-corrected chi connectivity index (χ4v) is 2.78. The van der Waals surface area contributed by atoms with Crippen molar-refractivity contribution in [3.05, 3.63) is 17.5 Å². The van der Waals surface area contributed by atoms with E-state index >= 15 is 0 Å². The minimum atomic E-state index is -4.85. The number of nitrogens with one attached hydrogen (secondary N) is 1. The minimum Gasteiger partial charge on any atom is -0.478 e. The number of ether oxygens (including phenoxy) is 1. The van der Waals surface area contributed by atoms with Crippen LogP contribution in [0.15, 0.2) is 6.20 Å². The Morgan fingerprint density at radius 3 is 2.71 bits per heavy atom. The van der Waals surface area contributed by atoms with E-state index in [-0.39, 0.29) is 24.2 Å². The number of carbonyl (C=O) groups is 1. The van der Waals surface area contributed by atoms with E-state index in [9.17, 15) is 18.0 Å². The van der Waals surface area contributed by atoms with Crippen LogP contribution >= 0.6 is 0 Å². The number of carboxylic acid groups (broad SMARTS) is 1. The molecule has 2 aliphatic heterocycles. The van der Waals surface area contributed by atoms with E-state index < -0.39 is 23.4 Å². The van der Waals surface area contributed by atoms with Gasteiger partial charge in [-0.2, -0.15) is 13.2 Å². The third-order valence-electron chi connectivity index (χ3n) is 3.71. The van der Waals surface area contributed by atoms with Crippen molar-refractivity contribution in [3.8, 4) is 0 Å². The van der Waals surface area contributed by atoms with E-state index in [4.69, 9.17) is 9.84 Å². The quantitative estimate of drug-likeness (QED) is 0.887. The van der Waals surface area contributed by atoms with Gasteiger partial charge in [0.05, 0.1) is 18.2 Å². The normalized spacial score (nSPS) is 27.9. The molecule has 0 aromatic carbocycles. The lowest BCUT2D eigenvalue weighted by atomic mass is 9.96. The molecule has 9 heteroatoms. The SMILES string of the molecule is O=C(O)c1cnc(N[C@H]2C[C@@H]3CC[C@H]2O3)nc1C(F)(F)F. The Morgan fingerprint density at radius 1 is 1.43 bits per heavy atom. The largest absolute Gasteiger partial charge is 0.478 e. The van der Waals surface area contributed by atoms with Crippen molar-refractivity contribution in [2.75, 3.05) is 5.32 Å². The van der Waals surface area contributed by atoms with Gasteiger partial charge >= 0.3 is 12.1 Å². The van der Waals surface area contributed by atoms with E-state index in [0.29, 0.717) is 12.6 Å². The van der Waals surface area contributed by atoms with Gasteiger partial charge in [-0.3, -0.25) is 0 Å². The number of aromatic nitrogens is 2. The number of alkyl halides is 3. The maximum Gasteiger partial charge on any atom is 0.434 e. The minimum absolute atomic E-state index is 0.0490. The molecule has 0 amide bonds. The molecular weight excluding hydrogens is 291 g/mol. The molecule has 114 valence electrons. The number of hydrogen-bond donors (Lipinski definition) is 2. The Labute approximate surface area is 117 Å². The molecule has 6 nitrogen and oxygen atoms in total. The molecule has 21 heavy (non-hydrogen) atoms. The third-order valence-corrected chi connectivity index (χ3v) is 3.71. The second-order valence-corrected chi connectivity index (χ2v) is 5.12. The zero-order valence-electron chi connectivity index (χ0n) is 10.7. The molecule has 2 N–H and O–H groups in total. The summed E-state index contributed by atoms with van der Waals surface area (Å²) in [5, 5.41) is 11.6. The van der Waals surface area contributed by atoms with Crippen molar-refractivity contribution in [3.63, 3.8) is 0 Å². The molecule has 0 aliphatic carbocycles. The van der Waals surface area contributed by atoms with Crippen LogP contribution in [0.25, 0.3) is 0 Å². The van der Waals surface area contributed by atoms with E-state index in [1.54, 1.807) is 0 Å². The zero-order chi connectivity index (χ0) is 15.2. The van der Waals surface area contributed by atoms with Gasteiger partial charge in [-0.1, -0.05) is 0 Å². The molecule has 3 heterocycles. The summed E-state index contributed by atoms with van der Waals surface area (Å²) in [6.07, 6.45) is -1.60. The summed E-state index contributed by atoms with van der Waals surface area (Å²) in [7, 11) is 0. The smallest absolute Gasteiger partial charge is 0.434 e. The Balaban J connectivity index is 1.85. The first-order valence-electron chi connectivity index (χ1n) is 6.44. The van der Waals surface area contributed by atoms with Crippen LogP contribution in [0.1, 0.15) is 35.3 Å². The number of aromatic carboxylic acids is 1. The van der Waals surface area contributed by atoms with E-state index in [1.807, 2.05) is 0 Å².